The number of guanidine groups is 1. The van der Waals surface area contributed by atoms with Crippen LogP contribution in [0.2, 0.25) is 0 Å². The van der Waals surface area contributed by atoms with Gasteiger partial charge in [-0.05, 0) is 42.5 Å². The molecule has 4 amide bonds. The highest BCUT2D eigenvalue weighted by molar-refractivity contribution is 5.96. The van der Waals surface area contributed by atoms with E-state index in [1.54, 1.807) is 30.3 Å². The summed E-state index contributed by atoms with van der Waals surface area (Å²) in [4.78, 5) is 66.7. The SMILES string of the molecule is NC(=O)CC(NC(=O)C(N)Cc1ccccc1)C(=O)NC(CCCN=C(N)N)C(=O)NC(Cc1ccc(O)cc1)C(=O)O. The number of aliphatic carboxylic acids is 1. The number of hydrogen-bond acceptors (Lipinski definition) is 8. The zero-order valence-electron chi connectivity index (χ0n) is 23.4. The van der Waals surface area contributed by atoms with Crippen LogP contribution in [0.25, 0.3) is 0 Å². The molecule has 0 saturated heterocycles. The second-order valence-electron chi connectivity index (χ2n) is 9.81. The van der Waals surface area contributed by atoms with Gasteiger partial charge in [-0.25, -0.2) is 4.79 Å². The van der Waals surface area contributed by atoms with Crippen molar-refractivity contribution >= 4 is 35.6 Å². The first kappa shape index (κ1) is 34.0. The number of carbonyl (C=O) groups is 5. The van der Waals surface area contributed by atoms with Crippen LogP contribution in [0.3, 0.4) is 0 Å². The van der Waals surface area contributed by atoms with Crippen LogP contribution in [0.5, 0.6) is 5.75 Å². The van der Waals surface area contributed by atoms with Crippen molar-refractivity contribution < 1.29 is 34.2 Å². The van der Waals surface area contributed by atoms with Crippen LogP contribution < -0.4 is 38.9 Å². The zero-order chi connectivity index (χ0) is 31.9. The molecule has 0 fully saturated rings. The number of phenolic OH excluding ortho intramolecular Hbond substituents is 1. The van der Waals surface area contributed by atoms with Crippen LogP contribution >= 0.6 is 0 Å². The molecule has 0 spiro atoms. The van der Waals surface area contributed by atoms with Gasteiger partial charge in [0.15, 0.2) is 5.96 Å². The van der Waals surface area contributed by atoms with Gasteiger partial charge in [0.25, 0.3) is 0 Å². The summed E-state index contributed by atoms with van der Waals surface area (Å²) >= 11 is 0. The fourth-order valence-electron chi connectivity index (χ4n) is 4.03. The molecule has 43 heavy (non-hydrogen) atoms. The maximum atomic E-state index is 13.2. The first-order valence-corrected chi connectivity index (χ1v) is 13.4. The highest BCUT2D eigenvalue weighted by Gasteiger charge is 2.31. The molecule has 15 nitrogen and oxygen atoms in total. The maximum Gasteiger partial charge on any atom is 0.326 e. The van der Waals surface area contributed by atoms with E-state index in [9.17, 15) is 34.2 Å². The van der Waals surface area contributed by atoms with Crippen molar-refractivity contribution in [2.45, 2.75) is 56.3 Å². The highest BCUT2D eigenvalue weighted by atomic mass is 16.4. The first-order valence-electron chi connectivity index (χ1n) is 13.4. The summed E-state index contributed by atoms with van der Waals surface area (Å²) in [5.41, 5.74) is 23.3. The van der Waals surface area contributed by atoms with Gasteiger partial charge in [-0.2, -0.15) is 0 Å². The Morgan fingerprint density at radius 1 is 0.744 bits per heavy atom. The van der Waals surface area contributed by atoms with Gasteiger partial charge in [-0.15, -0.1) is 0 Å². The smallest absolute Gasteiger partial charge is 0.326 e. The second kappa shape index (κ2) is 16.9. The standard InChI is InChI=1S/C28H38N8O7/c29-19(13-16-5-2-1-3-6-16)24(39)35-21(15-23(30)38)26(41)34-20(7-4-12-33-28(31)32)25(40)36-22(27(42)43)14-17-8-10-18(37)11-9-17/h1-3,5-6,8-11,19-22,37H,4,7,12-15,29H2,(H2,30,38)(H,34,41)(H,35,39)(H,36,40)(H,42,43)(H4,31,32,33). The lowest BCUT2D eigenvalue weighted by Crippen LogP contribution is -2.58. The van der Waals surface area contributed by atoms with E-state index in [1.165, 1.54) is 24.3 Å². The van der Waals surface area contributed by atoms with E-state index in [2.05, 4.69) is 20.9 Å². The van der Waals surface area contributed by atoms with E-state index in [1.807, 2.05) is 0 Å². The molecule has 0 bridgehead atoms. The number of carboxylic acids is 1. The molecule has 4 atom stereocenters. The average molecular weight is 599 g/mol. The Morgan fingerprint density at radius 2 is 1.30 bits per heavy atom. The van der Waals surface area contributed by atoms with E-state index in [0.29, 0.717) is 5.56 Å². The number of benzene rings is 2. The molecule has 232 valence electrons. The molecule has 0 heterocycles. The van der Waals surface area contributed by atoms with Crippen molar-refractivity contribution in [2.24, 2.45) is 27.9 Å². The summed E-state index contributed by atoms with van der Waals surface area (Å²) in [6.45, 7) is 0.105. The molecule has 0 saturated carbocycles. The number of nitrogens with zero attached hydrogens (tertiary/aromatic N) is 1. The summed E-state index contributed by atoms with van der Waals surface area (Å²) < 4.78 is 0. The number of hydrogen-bond donors (Lipinski definition) is 9. The largest absolute Gasteiger partial charge is 0.508 e. The van der Waals surface area contributed by atoms with E-state index < -0.39 is 60.2 Å². The zero-order valence-corrected chi connectivity index (χ0v) is 23.4. The van der Waals surface area contributed by atoms with Gasteiger partial charge in [0, 0.05) is 13.0 Å². The number of nitrogens with one attached hydrogen (secondary N) is 3. The molecule has 2 rings (SSSR count). The summed E-state index contributed by atoms with van der Waals surface area (Å²) in [5.74, 6) is -4.90. The molecular weight excluding hydrogens is 560 g/mol. The molecule has 2 aromatic carbocycles. The highest BCUT2D eigenvalue weighted by Crippen LogP contribution is 2.12. The van der Waals surface area contributed by atoms with Gasteiger partial charge in [-0.1, -0.05) is 42.5 Å². The number of carboxylic acid groups (broad SMARTS) is 1. The molecule has 13 N–H and O–H groups in total. The minimum Gasteiger partial charge on any atom is -0.508 e. The molecule has 4 unspecified atom stereocenters. The lowest BCUT2D eigenvalue weighted by Gasteiger charge is -2.25. The predicted octanol–water partition coefficient (Wildman–Crippen LogP) is -2.03. The van der Waals surface area contributed by atoms with Crippen LogP contribution in [-0.2, 0) is 36.8 Å². The number of rotatable bonds is 17. The van der Waals surface area contributed by atoms with Crippen LogP contribution in [-0.4, -0.2) is 76.5 Å². The molecule has 15 heteroatoms. The van der Waals surface area contributed by atoms with Gasteiger partial charge in [0.05, 0.1) is 12.5 Å². The third-order valence-electron chi connectivity index (χ3n) is 6.24. The van der Waals surface area contributed by atoms with Crippen molar-refractivity contribution in [3.05, 3.63) is 65.7 Å². The van der Waals surface area contributed by atoms with Crippen LogP contribution in [0.15, 0.2) is 59.6 Å². The fourth-order valence-corrected chi connectivity index (χ4v) is 4.03. The van der Waals surface area contributed by atoms with Crippen LogP contribution in [0, 0.1) is 0 Å². The van der Waals surface area contributed by atoms with Gasteiger partial charge in [0.1, 0.15) is 23.9 Å². The van der Waals surface area contributed by atoms with E-state index >= 15 is 0 Å². The molecule has 0 aromatic heterocycles. The van der Waals surface area contributed by atoms with Crippen molar-refractivity contribution in [1.29, 1.82) is 0 Å². The Bertz CT molecular complexity index is 1280. The Hall–Kier alpha value is -5.18. The van der Waals surface area contributed by atoms with Crippen molar-refractivity contribution in [1.82, 2.24) is 16.0 Å². The fraction of sp³-hybridized carbons (Fsp3) is 0.357. The first-order chi connectivity index (χ1) is 20.3. The third kappa shape index (κ3) is 12.5. The van der Waals surface area contributed by atoms with Crippen LogP contribution in [0.4, 0.5) is 0 Å². The van der Waals surface area contributed by atoms with Crippen molar-refractivity contribution in [3.63, 3.8) is 0 Å². The summed E-state index contributed by atoms with van der Waals surface area (Å²) in [5, 5.41) is 26.5. The lowest BCUT2D eigenvalue weighted by atomic mass is 10.0. The van der Waals surface area contributed by atoms with Gasteiger partial charge in [-0.3, -0.25) is 24.2 Å². The second-order valence-corrected chi connectivity index (χ2v) is 9.81. The van der Waals surface area contributed by atoms with Gasteiger partial charge < -0.3 is 49.1 Å². The summed E-state index contributed by atoms with van der Waals surface area (Å²) in [6.07, 6.45) is -0.358. The number of carbonyl (C=O) groups excluding carboxylic acids is 4. The molecule has 0 aliphatic rings. The van der Waals surface area contributed by atoms with E-state index in [4.69, 9.17) is 22.9 Å². The van der Waals surface area contributed by atoms with Crippen LogP contribution in [0.1, 0.15) is 30.4 Å². The Morgan fingerprint density at radius 3 is 1.88 bits per heavy atom. The Kier molecular flexibility index (Phi) is 13.4. The Labute approximate surface area is 248 Å². The van der Waals surface area contributed by atoms with Crippen molar-refractivity contribution in [3.8, 4) is 5.75 Å². The lowest BCUT2D eigenvalue weighted by molar-refractivity contribution is -0.142. The van der Waals surface area contributed by atoms with Crippen molar-refractivity contribution in [2.75, 3.05) is 6.54 Å². The van der Waals surface area contributed by atoms with E-state index in [-0.39, 0.29) is 43.9 Å². The van der Waals surface area contributed by atoms with Gasteiger partial charge in [0.2, 0.25) is 23.6 Å². The number of amides is 4. The molecule has 0 aliphatic carbocycles. The Balaban J connectivity index is 2.18. The minimum absolute atomic E-state index is 0.0122. The average Bonchev–Trinajstić information content (AvgIpc) is 2.94. The third-order valence-corrected chi connectivity index (χ3v) is 6.24. The minimum atomic E-state index is -1.47. The molecule has 0 radical (unpaired) electrons. The number of nitrogens with two attached hydrogens (primary N) is 4. The summed E-state index contributed by atoms with van der Waals surface area (Å²) in [6, 6.07) is 9.48. The monoisotopic (exact) mass is 598 g/mol. The molecule has 2 aromatic rings. The van der Waals surface area contributed by atoms with Gasteiger partial charge >= 0.3 is 5.97 Å². The summed E-state index contributed by atoms with van der Waals surface area (Å²) in [7, 11) is 0. The number of phenols is 1. The number of primary amides is 1. The van der Waals surface area contributed by atoms with E-state index in [0.717, 1.165) is 5.56 Å². The number of aromatic hydroxyl groups is 1. The predicted molar refractivity (Wildman–Crippen MR) is 157 cm³/mol. The molecule has 0 aliphatic heterocycles. The normalized spacial score (nSPS) is 13.4. The molecular formula is C28H38N8O7. The maximum absolute atomic E-state index is 13.2. The quantitative estimate of drug-likeness (QED) is 0.0547. The topological polar surface area (TPSA) is 278 Å². The number of aliphatic imine (C=N–C) groups is 1.